The molecule has 3 nitrogen and oxygen atoms in total. The topological polar surface area (TPSA) is 41.1 Å². The van der Waals surface area contributed by atoms with Gasteiger partial charge in [-0.3, -0.25) is 4.79 Å². The van der Waals surface area contributed by atoms with Crippen molar-refractivity contribution in [2.75, 3.05) is 11.9 Å². The van der Waals surface area contributed by atoms with Crippen molar-refractivity contribution >= 4 is 11.5 Å². The maximum absolute atomic E-state index is 11.8. The van der Waals surface area contributed by atoms with Crippen LogP contribution in [-0.4, -0.2) is 18.4 Å². The van der Waals surface area contributed by atoms with Gasteiger partial charge in [0.15, 0.2) is 0 Å². The molecule has 1 saturated carbocycles. The van der Waals surface area contributed by atoms with Crippen molar-refractivity contribution in [3.8, 4) is 0 Å². The van der Waals surface area contributed by atoms with E-state index in [1.54, 1.807) is 6.92 Å². The van der Waals surface area contributed by atoms with E-state index in [4.69, 9.17) is 0 Å². The Morgan fingerprint density at radius 1 is 1.10 bits per heavy atom. The first-order chi connectivity index (χ1) is 10.2. The third-order valence-corrected chi connectivity index (χ3v) is 4.98. The van der Waals surface area contributed by atoms with E-state index in [0.717, 1.165) is 19.4 Å². The Morgan fingerprint density at radius 2 is 1.81 bits per heavy atom. The average molecular weight is 286 g/mol. The lowest BCUT2D eigenvalue weighted by Crippen LogP contribution is -2.37. The summed E-state index contributed by atoms with van der Waals surface area (Å²) in [7, 11) is 0. The summed E-state index contributed by atoms with van der Waals surface area (Å²) in [6, 6.07) is 9.53. The minimum atomic E-state index is 0.132. The van der Waals surface area contributed by atoms with Crippen LogP contribution in [0.4, 0.5) is 5.69 Å². The number of Topliss-reactive ketones (excluding diaryl/α,β-unsaturated/α-hetero) is 1. The standard InChI is InChI=1S/C18H26N2O/c1-13(21)17-7-4-12-19-18(17)14-8-10-16(11-9-14)20-15-5-2-3-6-15/h8-11,15,17-20H,2-7,12H2,1H3/t17-,18+/m1/s1. The molecule has 2 fully saturated rings. The molecule has 1 aromatic rings. The molecule has 3 heteroatoms. The summed E-state index contributed by atoms with van der Waals surface area (Å²) in [5, 5.41) is 7.14. The van der Waals surface area contributed by atoms with Gasteiger partial charge in [-0.2, -0.15) is 0 Å². The number of hydrogen-bond donors (Lipinski definition) is 2. The molecule has 21 heavy (non-hydrogen) atoms. The van der Waals surface area contributed by atoms with Crippen molar-refractivity contribution in [1.29, 1.82) is 0 Å². The van der Waals surface area contributed by atoms with Crippen LogP contribution in [0.25, 0.3) is 0 Å². The average Bonchev–Trinajstić information content (AvgIpc) is 3.01. The van der Waals surface area contributed by atoms with Crippen LogP contribution >= 0.6 is 0 Å². The fourth-order valence-corrected chi connectivity index (χ4v) is 3.77. The van der Waals surface area contributed by atoms with Gasteiger partial charge in [-0.15, -0.1) is 0 Å². The molecule has 1 heterocycles. The number of rotatable bonds is 4. The van der Waals surface area contributed by atoms with E-state index >= 15 is 0 Å². The lowest BCUT2D eigenvalue weighted by molar-refractivity contribution is -0.122. The molecule has 2 atom stereocenters. The predicted molar refractivity (Wildman–Crippen MR) is 86.5 cm³/mol. The molecule has 0 radical (unpaired) electrons. The smallest absolute Gasteiger partial charge is 0.134 e. The molecule has 2 N–H and O–H groups in total. The lowest BCUT2D eigenvalue weighted by atomic mass is 9.84. The first-order valence-electron chi connectivity index (χ1n) is 8.34. The fourth-order valence-electron chi connectivity index (χ4n) is 3.77. The van der Waals surface area contributed by atoms with E-state index < -0.39 is 0 Å². The quantitative estimate of drug-likeness (QED) is 0.887. The van der Waals surface area contributed by atoms with Crippen LogP contribution in [-0.2, 0) is 4.79 Å². The van der Waals surface area contributed by atoms with Crippen LogP contribution in [0.2, 0.25) is 0 Å². The Kier molecular flexibility index (Phi) is 4.59. The van der Waals surface area contributed by atoms with Crippen LogP contribution in [0.15, 0.2) is 24.3 Å². The number of nitrogens with one attached hydrogen (secondary N) is 2. The van der Waals surface area contributed by atoms with Gasteiger partial charge in [0, 0.05) is 23.7 Å². The Balaban J connectivity index is 1.68. The molecule has 1 saturated heterocycles. The summed E-state index contributed by atoms with van der Waals surface area (Å²) < 4.78 is 0. The maximum atomic E-state index is 11.8. The van der Waals surface area contributed by atoms with Gasteiger partial charge in [0.25, 0.3) is 0 Å². The lowest BCUT2D eigenvalue weighted by Gasteiger charge is -2.31. The van der Waals surface area contributed by atoms with Gasteiger partial charge in [-0.1, -0.05) is 25.0 Å². The fraction of sp³-hybridized carbons (Fsp3) is 0.611. The van der Waals surface area contributed by atoms with Crippen LogP contribution in [0.3, 0.4) is 0 Å². The van der Waals surface area contributed by atoms with Crippen molar-refractivity contribution in [3.05, 3.63) is 29.8 Å². The number of anilines is 1. The third kappa shape index (κ3) is 3.46. The zero-order valence-corrected chi connectivity index (χ0v) is 12.9. The zero-order valence-electron chi connectivity index (χ0n) is 12.9. The molecular formula is C18H26N2O. The SMILES string of the molecule is CC(=O)[C@H]1CCCN[C@H]1c1ccc(NC2CCCC2)cc1. The van der Waals surface area contributed by atoms with E-state index in [1.165, 1.54) is 36.9 Å². The molecule has 0 bridgehead atoms. The summed E-state index contributed by atoms with van der Waals surface area (Å²) in [6.07, 6.45) is 7.39. The number of piperidine rings is 1. The monoisotopic (exact) mass is 286 g/mol. The third-order valence-electron chi connectivity index (χ3n) is 4.98. The second-order valence-electron chi connectivity index (χ2n) is 6.54. The van der Waals surface area contributed by atoms with Crippen LogP contribution in [0.5, 0.6) is 0 Å². The first-order valence-corrected chi connectivity index (χ1v) is 8.34. The molecule has 0 spiro atoms. The van der Waals surface area contributed by atoms with E-state index in [1.807, 2.05) is 0 Å². The highest BCUT2D eigenvalue weighted by Crippen LogP contribution is 2.31. The van der Waals surface area contributed by atoms with Gasteiger partial charge in [-0.05, 0) is 56.8 Å². The van der Waals surface area contributed by atoms with E-state index in [2.05, 4.69) is 34.9 Å². The second kappa shape index (κ2) is 6.61. The van der Waals surface area contributed by atoms with Crippen LogP contribution in [0.1, 0.15) is 57.1 Å². The molecule has 3 rings (SSSR count). The molecular weight excluding hydrogens is 260 g/mol. The van der Waals surface area contributed by atoms with Gasteiger partial charge >= 0.3 is 0 Å². The van der Waals surface area contributed by atoms with Crippen molar-refractivity contribution in [3.63, 3.8) is 0 Å². The molecule has 0 unspecified atom stereocenters. The number of ketones is 1. The second-order valence-corrected chi connectivity index (χ2v) is 6.54. The van der Waals surface area contributed by atoms with Crippen molar-refractivity contribution in [1.82, 2.24) is 5.32 Å². The summed E-state index contributed by atoms with van der Waals surface area (Å²) in [4.78, 5) is 11.8. The minimum Gasteiger partial charge on any atom is -0.382 e. The van der Waals surface area contributed by atoms with Crippen molar-refractivity contribution in [2.45, 2.75) is 57.5 Å². The minimum absolute atomic E-state index is 0.132. The molecule has 0 aromatic heterocycles. The first kappa shape index (κ1) is 14.6. The summed E-state index contributed by atoms with van der Waals surface area (Å²) in [5.74, 6) is 0.438. The van der Waals surface area contributed by atoms with Gasteiger partial charge in [0.2, 0.25) is 0 Å². The Labute approximate surface area is 127 Å². The molecule has 1 aliphatic carbocycles. The Hall–Kier alpha value is -1.35. The van der Waals surface area contributed by atoms with Crippen LogP contribution < -0.4 is 10.6 Å². The number of carbonyl (C=O) groups excluding carboxylic acids is 1. The highest BCUT2D eigenvalue weighted by Gasteiger charge is 2.29. The van der Waals surface area contributed by atoms with Crippen molar-refractivity contribution < 1.29 is 4.79 Å². The van der Waals surface area contributed by atoms with Gasteiger partial charge in [0.1, 0.15) is 5.78 Å². The highest BCUT2D eigenvalue weighted by molar-refractivity contribution is 5.79. The number of benzene rings is 1. The van der Waals surface area contributed by atoms with Crippen molar-refractivity contribution in [2.24, 2.45) is 5.92 Å². The number of hydrogen-bond acceptors (Lipinski definition) is 3. The van der Waals surface area contributed by atoms with Gasteiger partial charge in [-0.25, -0.2) is 0 Å². The van der Waals surface area contributed by atoms with E-state index in [0.29, 0.717) is 11.8 Å². The predicted octanol–water partition coefficient (Wildman–Crippen LogP) is 3.67. The zero-order chi connectivity index (χ0) is 14.7. The molecule has 2 aliphatic rings. The molecule has 1 aliphatic heterocycles. The largest absolute Gasteiger partial charge is 0.382 e. The molecule has 1 aromatic carbocycles. The Bertz CT molecular complexity index is 476. The summed E-state index contributed by atoms with van der Waals surface area (Å²) >= 11 is 0. The Morgan fingerprint density at radius 3 is 2.48 bits per heavy atom. The molecule has 114 valence electrons. The number of carbonyl (C=O) groups is 1. The molecule has 0 amide bonds. The van der Waals surface area contributed by atoms with Gasteiger partial charge in [0.05, 0.1) is 0 Å². The summed E-state index contributed by atoms with van der Waals surface area (Å²) in [5.41, 5.74) is 2.45. The van der Waals surface area contributed by atoms with Crippen LogP contribution in [0, 0.1) is 5.92 Å². The van der Waals surface area contributed by atoms with E-state index in [-0.39, 0.29) is 12.0 Å². The summed E-state index contributed by atoms with van der Waals surface area (Å²) in [6.45, 7) is 2.73. The van der Waals surface area contributed by atoms with Gasteiger partial charge < -0.3 is 10.6 Å². The van der Waals surface area contributed by atoms with E-state index in [9.17, 15) is 4.79 Å². The normalized spacial score (nSPS) is 26.7. The highest BCUT2D eigenvalue weighted by atomic mass is 16.1. The maximum Gasteiger partial charge on any atom is 0.134 e.